The zero-order chi connectivity index (χ0) is 19.2. The van der Waals surface area contributed by atoms with Gasteiger partial charge in [-0.3, -0.25) is 0 Å². The number of hydrogen-bond acceptors (Lipinski definition) is 6. The first-order valence-electron chi connectivity index (χ1n) is 9.52. The smallest absolute Gasteiger partial charge is 0.318 e. The van der Waals surface area contributed by atoms with Crippen molar-refractivity contribution in [1.29, 1.82) is 0 Å². The third-order valence-electron chi connectivity index (χ3n) is 4.57. The molecule has 0 saturated carbocycles. The molecule has 1 aromatic carbocycles. The van der Waals surface area contributed by atoms with Crippen LogP contribution < -0.4 is 14.4 Å². The van der Waals surface area contributed by atoms with E-state index in [1.807, 2.05) is 30.3 Å². The van der Waals surface area contributed by atoms with Crippen LogP contribution in [-0.4, -0.2) is 41.6 Å². The highest BCUT2D eigenvalue weighted by atomic mass is 16.5. The van der Waals surface area contributed by atoms with Crippen molar-refractivity contribution in [2.45, 2.75) is 45.6 Å². The number of ether oxygens (including phenoxy) is 2. The minimum atomic E-state index is 0.139. The number of ketones is 1. The lowest BCUT2D eigenvalue weighted by Gasteiger charge is -2.39. The average Bonchev–Trinajstić information content (AvgIpc) is 2.62. The Morgan fingerprint density at radius 2 is 2.00 bits per heavy atom. The van der Waals surface area contributed by atoms with Gasteiger partial charge in [-0.25, -0.2) is 4.98 Å². The largest absolute Gasteiger partial charge is 0.487 e. The summed E-state index contributed by atoms with van der Waals surface area (Å²) in [6, 6.07) is 10.4. The zero-order valence-electron chi connectivity index (χ0n) is 16.2. The Balaban J connectivity index is 1.50. The summed E-state index contributed by atoms with van der Waals surface area (Å²) in [5, 5.41) is 0. The molecule has 1 aliphatic heterocycles. The van der Waals surface area contributed by atoms with Gasteiger partial charge in [-0.2, -0.15) is 4.98 Å². The van der Waals surface area contributed by atoms with Gasteiger partial charge in [-0.1, -0.05) is 26.0 Å². The van der Waals surface area contributed by atoms with Crippen molar-refractivity contribution in [3.8, 4) is 11.8 Å². The number of aromatic nitrogens is 2. The van der Waals surface area contributed by atoms with Gasteiger partial charge in [0.25, 0.3) is 0 Å². The molecule has 1 fully saturated rings. The number of rotatable bonds is 9. The Labute approximate surface area is 160 Å². The van der Waals surface area contributed by atoms with Crippen LogP contribution in [-0.2, 0) is 4.79 Å². The van der Waals surface area contributed by atoms with Crippen molar-refractivity contribution in [2.75, 3.05) is 24.6 Å². The van der Waals surface area contributed by atoms with Gasteiger partial charge in [0.1, 0.15) is 23.5 Å². The van der Waals surface area contributed by atoms with E-state index < -0.39 is 0 Å². The van der Waals surface area contributed by atoms with E-state index >= 15 is 0 Å². The molecule has 0 N–H and O–H groups in total. The van der Waals surface area contributed by atoms with Gasteiger partial charge in [0, 0.05) is 12.6 Å². The second-order valence-corrected chi connectivity index (χ2v) is 7.07. The summed E-state index contributed by atoms with van der Waals surface area (Å²) in [7, 11) is 0. The van der Waals surface area contributed by atoms with Crippen LogP contribution in [0, 0.1) is 0 Å². The van der Waals surface area contributed by atoms with E-state index in [2.05, 4.69) is 28.7 Å². The molecular formula is C21H27N3O3. The van der Waals surface area contributed by atoms with Crippen molar-refractivity contribution in [2.24, 2.45) is 0 Å². The number of anilines is 1. The Morgan fingerprint density at radius 3 is 2.67 bits per heavy atom. The first-order valence-corrected chi connectivity index (χ1v) is 9.52. The topological polar surface area (TPSA) is 64.6 Å². The Bertz CT molecular complexity index is 758. The van der Waals surface area contributed by atoms with Crippen LogP contribution in [0.25, 0.3) is 0 Å². The highest BCUT2D eigenvalue weighted by molar-refractivity contribution is 5.76. The Kier molecular flexibility index (Phi) is 6.27. The molecule has 2 aromatic rings. The van der Waals surface area contributed by atoms with Crippen molar-refractivity contribution in [3.05, 3.63) is 42.1 Å². The van der Waals surface area contributed by atoms with Crippen molar-refractivity contribution in [1.82, 2.24) is 9.97 Å². The minimum Gasteiger partial charge on any atom is -0.487 e. The molecular weight excluding hydrogens is 342 g/mol. The van der Waals surface area contributed by atoms with Crippen LogP contribution in [0.5, 0.6) is 11.8 Å². The van der Waals surface area contributed by atoms with Crippen molar-refractivity contribution in [3.63, 3.8) is 0 Å². The molecule has 6 nitrogen and oxygen atoms in total. The molecule has 6 heteroatoms. The maximum atomic E-state index is 11.3. The SMILES string of the molecule is CCCOc1nccc(N2CC(Oc3ccc([C@H](C)CC(C)=O)cc3)C2)n1. The van der Waals surface area contributed by atoms with Crippen LogP contribution in [0.2, 0.25) is 0 Å². The third-order valence-corrected chi connectivity index (χ3v) is 4.57. The molecule has 0 amide bonds. The lowest BCUT2D eigenvalue weighted by atomic mass is 9.96. The van der Waals surface area contributed by atoms with Gasteiger partial charge in [-0.05, 0) is 43.0 Å². The van der Waals surface area contributed by atoms with Crippen LogP contribution in [0.3, 0.4) is 0 Å². The molecule has 1 aliphatic rings. The number of hydrogen-bond donors (Lipinski definition) is 0. The maximum Gasteiger partial charge on any atom is 0.318 e. The van der Waals surface area contributed by atoms with E-state index in [0.29, 0.717) is 19.0 Å². The molecule has 1 aromatic heterocycles. The summed E-state index contributed by atoms with van der Waals surface area (Å²) in [5.74, 6) is 2.17. The molecule has 144 valence electrons. The van der Waals surface area contributed by atoms with E-state index in [-0.39, 0.29) is 17.8 Å². The predicted octanol–water partition coefficient (Wildman–Crippen LogP) is 3.62. The normalized spacial score (nSPS) is 15.1. The fraction of sp³-hybridized carbons (Fsp3) is 0.476. The molecule has 0 unspecified atom stereocenters. The number of Topliss-reactive ketones (excluding diaryl/α,β-unsaturated/α-hetero) is 1. The predicted molar refractivity (Wildman–Crippen MR) is 105 cm³/mol. The monoisotopic (exact) mass is 369 g/mol. The summed E-state index contributed by atoms with van der Waals surface area (Å²) >= 11 is 0. The van der Waals surface area contributed by atoms with Crippen LogP contribution >= 0.6 is 0 Å². The molecule has 1 atom stereocenters. The number of benzene rings is 1. The first kappa shape index (κ1) is 19.1. The van der Waals surface area contributed by atoms with E-state index in [4.69, 9.17) is 9.47 Å². The van der Waals surface area contributed by atoms with Gasteiger partial charge in [-0.15, -0.1) is 0 Å². The van der Waals surface area contributed by atoms with Gasteiger partial charge >= 0.3 is 6.01 Å². The summed E-state index contributed by atoms with van der Waals surface area (Å²) in [4.78, 5) is 22.0. The Morgan fingerprint density at radius 1 is 1.26 bits per heavy atom. The van der Waals surface area contributed by atoms with E-state index in [0.717, 1.165) is 36.6 Å². The molecule has 0 bridgehead atoms. The molecule has 0 radical (unpaired) electrons. The van der Waals surface area contributed by atoms with E-state index in [1.54, 1.807) is 13.1 Å². The molecule has 2 heterocycles. The number of carbonyl (C=O) groups is 1. The summed E-state index contributed by atoms with van der Waals surface area (Å²) in [6.45, 7) is 7.95. The summed E-state index contributed by atoms with van der Waals surface area (Å²) in [6.07, 6.45) is 3.36. The standard InChI is InChI=1S/C21H27N3O3/c1-4-11-26-21-22-10-9-20(23-21)24-13-19(14-24)27-18-7-5-17(6-8-18)15(2)12-16(3)25/h5-10,15,19H,4,11-14H2,1-3H3/t15-/m1/s1. The van der Waals surface area contributed by atoms with Gasteiger partial charge in [0.2, 0.25) is 0 Å². The Hall–Kier alpha value is -2.63. The lowest BCUT2D eigenvalue weighted by Crippen LogP contribution is -2.54. The fourth-order valence-corrected chi connectivity index (χ4v) is 3.09. The summed E-state index contributed by atoms with van der Waals surface area (Å²) in [5.41, 5.74) is 1.16. The van der Waals surface area contributed by atoms with Gasteiger partial charge < -0.3 is 19.2 Å². The van der Waals surface area contributed by atoms with Crippen LogP contribution in [0.4, 0.5) is 5.82 Å². The number of carbonyl (C=O) groups excluding carboxylic acids is 1. The third kappa shape index (κ3) is 5.18. The summed E-state index contributed by atoms with van der Waals surface area (Å²) < 4.78 is 11.5. The first-order chi connectivity index (χ1) is 13.0. The number of nitrogens with zero attached hydrogens (tertiary/aromatic N) is 3. The second-order valence-electron chi connectivity index (χ2n) is 7.07. The van der Waals surface area contributed by atoms with Gasteiger partial charge in [0.15, 0.2) is 0 Å². The lowest BCUT2D eigenvalue weighted by molar-refractivity contribution is -0.117. The average molecular weight is 369 g/mol. The van der Waals surface area contributed by atoms with Crippen molar-refractivity contribution >= 4 is 11.6 Å². The molecule has 27 heavy (non-hydrogen) atoms. The fourth-order valence-electron chi connectivity index (χ4n) is 3.09. The highest BCUT2D eigenvalue weighted by Gasteiger charge is 2.30. The van der Waals surface area contributed by atoms with Gasteiger partial charge in [0.05, 0.1) is 19.7 Å². The minimum absolute atomic E-state index is 0.139. The van der Waals surface area contributed by atoms with E-state index in [1.165, 1.54) is 0 Å². The second kappa shape index (κ2) is 8.84. The zero-order valence-corrected chi connectivity index (χ0v) is 16.2. The maximum absolute atomic E-state index is 11.3. The quantitative estimate of drug-likeness (QED) is 0.673. The highest BCUT2D eigenvalue weighted by Crippen LogP contribution is 2.26. The molecule has 0 spiro atoms. The molecule has 3 rings (SSSR count). The van der Waals surface area contributed by atoms with E-state index in [9.17, 15) is 4.79 Å². The van der Waals surface area contributed by atoms with Crippen LogP contribution in [0.15, 0.2) is 36.5 Å². The molecule has 0 aliphatic carbocycles. The van der Waals surface area contributed by atoms with Crippen molar-refractivity contribution < 1.29 is 14.3 Å². The molecule has 1 saturated heterocycles. The van der Waals surface area contributed by atoms with Crippen LogP contribution in [0.1, 0.15) is 45.1 Å².